The van der Waals surface area contributed by atoms with Gasteiger partial charge in [-0.3, -0.25) is 4.90 Å². The van der Waals surface area contributed by atoms with Crippen LogP contribution in [0.4, 0.5) is 11.6 Å². The zero-order chi connectivity index (χ0) is 14.7. The Kier molecular flexibility index (Phi) is 4.77. The van der Waals surface area contributed by atoms with Gasteiger partial charge in [0.15, 0.2) is 0 Å². The van der Waals surface area contributed by atoms with Gasteiger partial charge >= 0.3 is 0 Å². The van der Waals surface area contributed by atoms with Gasteiger partial charge in [-0.25, -0.2) is 15.8 Å². The van der Waals surface area contributed by atoms with Gasteiger partial charge in [-0.1, -0.05) is 20.8 Å². The monoisotopic (exact) mass is 278 g/mol. The van der Waals surface area contributed by atoms with Crippen molar-refractivity contribution in [3.8, 4) is 0 Å². The zero-order valence-corrected chi connectivity index (χ0v) is 12.9. The first kappa shape index (κ1) is 15.0. The molecule has 2 heterocycles. The summed E-state index contributed by atoms with van der Waals surface area (Å²) < 4.78 is 0. The number of anilines is 2. The molecule has 0 radical (unpaired) electrons. The predicted octanol–water partition coefficient (Wildman–Crippen LogP) is 1.42. The van der Waals surface area contributed by atoms with Crippen molar-refractivity contribution < 1.29 is 0 Å². The fraction of sp³-hybridized carbons (Fsp3) is 0.714. The Morgan fingerprint density at radius 2 is 2.15 bits per heavy atom. The predicted molar refractivity (Wildman–Crippen MR) is 82.9 cm³/mol. The summed E-state index contributed by atoms with van der Waals surface area (Å²) in [5, 5.41) is 0. The van der Waals surface area contributed by atoms with Crippen molar-refractivity contribution in [3.63, 3.8) is 0 Å². The van der Waals surface area contributed by atoms with E-state index in [0.717, 1.165) is 37.8 Å². The quantitative estimate of drug-likeness (QED) is 0.641. The third kappa shape index (κ3) is 3.19. The summed E-state index contributed by atoms with van der Waals surface area (Å²) in [7, 11) is 0. The molecule has 1 aliphatic rings. The highest BCUT2D eigenvalue weighted by atomic mass is 15.3. The molecule has 0 saturated carbocycles. The number of nitrogens with zero attached hydrogens (tertiary/aromatic N) is 4. The number of nitrogens with one attached hydrogen (secondary N) is 1. The Morgan fingerprint density at radius 1 is 1.40 bits per heavy atom. The summed E-state index contributed by atoms with van der Waals surface area (Å²) in [4.78, 5) is 13.9. The maximum atomic E-state index is 5.52. The van der Waals surface area contributed by atoms with Gasteiger partial charge in [0.25, 0.3) is 0 Å². The topological polar surface area (TPSA) is 70.3 Å². The van der Waals surface area contributed by atoms with Crippen LogP contribution in [0.5, 0.6) is 0 Å². The minimum Gasteiger partial charge on any atom is -0.354 e. The van der Waals surface area contributed by atoms with Crippen molar-refractivity contribution >= 4 is 11.6 Å². The van der Waals surface area contributed by atoms with Crippen LogP contribution in [0.3, 0.4) is 0 Å². The van der Waals surface area contributed by atoms with Crippen molar-refractivity contribution in [2.45, 2.75) is 39.7 Å². The minimum absolute atomic E-state index is 0.288. The van der Waals surface area contributed by atoms with Crippen LogP contribution >= 0.6 is 0 Å². The molecule has 0 amide bonds. The molecule has 1 aliphatic heterocycles. The molecule has 6 nitrogen and oxygen atoms in total. The zero-order valence-electron chi connectivity index (χ0n) is 12.9. The summed E-state index contributed by atoms with van der Waals surface area (Å²) >= 11 is 0. The molecule has 1 aromatic rings. The van der Waals surface area contributed by atoms with Gasteiger partial charge in [-0.15, -0.1) is 0 Å². The number of nitrogens with two attached hydrogens (primary N) is 1. The van der Waals surface area contributed by atoms with E-state index in [1.54, 1.807) is 0 Å². The van der Waals surface area contributed by atoms with E-state index in [1.165, 1.54) is 0 Å². The molecule has 20 heavy (non-hydrogen) atoms. The highest BCUT2D eigenvalue weighted by molar-refractivity contribution is 5.49. The molecular formula is C14H26N6. The lowest BCUT2D eigenvalue weighted by molar-refractivity contribution is 0.199. The van der Waals surface area contributed by atoms with Gasteiger partial charge in [-0.2, -0.15) is 0 Å². The smallest absolute Gasteiger partial charge is 0.145 e. The lowest BCUT2D eigenvalue weighted by Crippen LogP contribution is -2.52. The van der Waals surface area contributed by atoms with Crippen LogP contribution < -0.4 is 16.2 Å². The maximum Gasteiger partial charge on any atom is 0.145 e. The van der Waals surface area contributed by atoms with E-state index in [0.29, 0.717) is 11.9 Å². The largest absolute Gasteiger partial charge is 0.354 e. The molecule has 1 atom stereocenters. The molecule has 3 N–H and O–H groups in total. The third-order valence-electron chi connectivity index (χ3n) is 3.89. The highest BCUT2D eigenvalue weighted by Crippen LogP contribution is 2.22. The van der Waals surface area contributed by atoms with Gasteiger partial charge in [0.05, 0.1) is 0 Å². The first-order chi connectivity index (χ1) is 9.55. The van der Waals surface area contributed by atoms with Crippen molar-refractivity contribution in [2.75, 3.05) is 36.5 Å². The van der Waals surface area contributed by atoms with E-state index in [9.17, 15) is 0 Å². The normalized spacial score (nSPS) is 20.5. The average Bonchev–Trinajstić information content (AvgIpc) is 2.46. The third-order valence-corrected chi connectivity index (χ3v) is 3.89. The molecule has 0 aliphatic carbocycles. The van der Waals surface area contributed by atoms with Crippen LogP contribution in [0.1, 0.15) is 39.4 Å². The number of hydrogen-bond acceptors (Lipinski definition) is 6. The van der Waals surface area contributed by atoms with E-state index in [1.807, 2.05) is 6.07 Å². The molecule has 1 saturated heterocycles. The Balaban J connectivity index is 2.22. The van der Waals surface area contributed by atoms with Crippen LogP contribution in [0.2, 0.25) is 0 Å². The SMILES string of the molecule is CCN1CCN(c2cc(NN)nc(C(C)C)n2)CC1C. The number of hydrazine groups is 1. The van der Waals surface area contributed by atoms with Crippen molar-refractivity contribution in [3.05, 3.63) is 11.9 Å². The molecule has 2 rings (SSSR count). The average molecular weight is 278 g/mol. The maximum absolute atomic E-state index is 5.52. The van der Waals surface area contributed by atoms with E-state index < -0.39 is 0 Å². The van der Waals surface area contributed by atoms with Crippen LogP contribution in [0.15, 0.2) is 6.07 Å². The van der Waals surface area contributed by atoms with E-state index in [4.69, 9.17) is 10.8 Å². The second-order valence-corrected chi connectivity index (χ2v) is 5.69. The van der Waals surface area contributed by atoms with Gasteiger partial charge in [0.1, 0.15) is 17.5 Å². The van der Waals surface area contributed by atoms with Crippen LogP contribution in [0.25, 0.3) is 0 Å². The molecule has 1 fully saturated rings. The first-order valence-electron chi connectivity index (χ1n) is 7.39. The second kappa shape index (κ2) is 6.37. The van der Waals surface area contributed by atoms with Crippen molar-refractivity contribution in [1.29, 1.82) is 0 Å². The molecule has 6 heteroatoms. The summed E-state index contributed by atoms with van der Waals surface area (Å²) in [6.45, 7) is 12.8. The minimum atomic E-state index is 0.288. The van der Waals surface area contributed by atoms with Crippen LogP contribution in [-0.4, -0.2) is 47.1 Å². The Morgan fingerprint density at radius 3 is 2.70 bits per heavy atom. The van der Waals surface area contributed by atoms with E-state index in [2.05, 4.69) is 47.9 Å². The van der Waals surface area contributed by atoms with Gasteiger partial charge in [-0.05, 0) is 13.5 Å². The number of aromatic nitrogens is 2. The number of rotatable bonds is 4. The lowest BCUT2D eigenvalue weighted by Gasteiger charge is -2.40. The Bertz CT molecular complexity index is 447. The molecular weight excluding hydrogens is 252 g/mol. The van der Waals surface area contributed by atoms with E-state index >= 15 is 0 Å². The summed E-state index contributed by atoms with van der Waals surface area (Å²) in [5.41, 5.74) is 2.64. The Labute approximate surface area is 121 Å². The van der Waals surface area contributed by atoms with Gasteiger partial charge in [0, 0.05) is 37.7 Å². The van der Waals surface area contributed by atoms with Gasteiger partial charge in [0.2, 0.25) is 0 Å². The molecule has 0 spiro atoms. The van der Waals surface area contributed by atoms with Crippen LogP contribution in [0, 0.1) is 0 Å². The first-order valence-corrected chi connectivity index (χ1v) is 7.39. The number of piperazine rings is 1. The molecule has 0 bridgehead atoms. The summed E-state index contributed by atoms with van der Waals surface area (Å²) in [6, 6.07) is 2.47. The molecule has 1 unspecified atom stereocenters. The lowest BCUT2D eigenvalue weighted by atomic mass is 10.2. The molecule has 0 aromatic carbocycles. The standard InChI is InChI=1S/C14H26N6/c1-5-19-6-7-20(9-11(19)4)13-8-12(18-15)16-14(17-13)10(2)3/h8,10-11H,5-7,9,15H2,1-4H3,(H,16,17,18). The number of nitrogen functional groups attached to an aromatic ring is 1. The fourth-order valence-corrected chi connectivity index (χ4v) is 2.62. The highest BCUT2D eigenvalue weighted by Gasteiger charge is 2.24. The number of likely N-dealkylation sites (N-methyl/N-ethyl adjacent to an activating group) is 1. The summed E-state index contributed by atoms with van der Waals surface area (Å²) in [5.74, 6) is 8.30. The van der Waals surface area contributed by atoms with Crippen LogP contribution in [-0.2, 0) is 0 Å². The summed E-state index contributed by atoms with van der Waals surface area (Å²) in [6.07, 6.45) is 0. The van der Waals surface area contributed by atoms with E-state index in [-0.39, 0.29) is 5.92 Å². The molecule has 112 valence electrons. The molecule has 1 aromatic heterocycles. The second-order valence-electron chi connectivity index (χ2n) is 5.69. The van der Waals surface area contributed by atoms with Crippen molar-refractivity contribution in [1.82, 2.24) is 14.9 Å². The van der Waals surface area contributed by atoms with Crippen molar-refractivity contribution in [2.24, 2.45) is 5.84 Å². The number of hydrogen-bond donors (Lipinski definition) is 2. The van der Waals surface area contributed by atoms with Gasteiger partial charge < -0.3 is 10.3 Å². The fourth-order valence-electron chi connectivity index (χ4n) is 2.62. The Hall–Kier alpha value is -1.40.